The summed E-state index contributed by atoms with van der Waals surface area (Å²) >= 11 is 1.57. The molecular weight excluding hydrogens is 392 g/mol. The van der Waals surface area contributed by atoms with Crippen molar-refractivity contribution in [3.8, 4) is 0 Å². The number of rotatable bonds is 7. The topological polar surface area (TPSA) is 89.9 Å². The summed E-state index contributed by atoms with van der Waals surface area (Å²) < 4.78 is 10.5. The Bertz CT molecular complexity index is 919. The number of carbonyl (C=O) groups excluding carboxylic acids is 3. The van der Waals surface area contributed by atoms with Crippen LogP contribution in [0.1, 0.15) is 48.3 Å². The van der Waals surface area contributed by atoms with Crippen LogP contribution in [0.5, 0.6) is 0 Å². The largest absolute Gasteiger partial charge is 0.504 e. The van der Waals surface area contributed by atoms with Gasteiger partial charge in [-0.3, -0.25) is 4.79 Å². The van der Waals surface area contributed by atoms with Gasteiger partial charge in [0.05, 0.1) is 5.57 Å². The van der Waals surface area contributed by atoms with Crippen LogP contribution in [0.15, 0.2) is 35.1 Å². The Morgan fingerprint density at radius 3 is 2.52 bits per heavy atom. The van der Waals surface area contributed by atoms with Crippen molar-refractivity contribution in [1.29, 1.82) is 0 Å². The van der Waals surface area contributed by atoms with Crippen LogP contribution in [-0.2, 0) is 23.9 Å². The van der Waals surface area contributed by atoms with Crippen LogP contribution in [0, 0.1) is 18.8 Å². The first kappa shape index (κ1) is 19.9. The molecule has 0 spiro atoms. The van der Waals surface area contributed by atoms with E-state index in [9.17, 15) is 19.5 Å². The number of esters is 2. The number of hydrogen-bond acceptors (Lipinski definition) is 7. The van der Waals surface area contributed by atoms with Crippen LogP contribution in [0.2, 0.25) is 0 Å². The lowest BCUT2D eigenvalue weighted by Crippen LogP contribution is -2.42. The van der Waals surface area contributed by atoms with Crippen molar-refractivity contribution in [2.75, 3.05) is 6.61 Å². The summed E-state index contributed by atoms with van der Waals surface area (Å²) in [6.45, 7) is 4.08. The molecule has 1 N–H and O–H groups in total. The summed E-state index contributed by atoms with van der Waals surface area (Å²) in [5.74, 6) is -2.54. The highest BCUT2D eigenvalue weighted by molar-refractivity contribution is 7.12. The second-order valence-electron chi connectivity index (χ2n) is 7.92. The quantitative estimate of drug-likeness (QED) is 0.681. The summed E-state index contributed by atoms with van der Waals surface area (Å²) in [5.41, 5.74) is 0.574. The Morgan fingerprint density at radius 2 is 1.97 bits per heavy atom. The molecule has 7 heteroatoms. The van der Waals surface area contributed by atoms with Gasteiger partial charge in [-0.25, -0.2) is 9.59 Å². The molecule has 0 bridgehead atoms. The normalized spacial score (nSPS) is 24.3. The van der Waals surface area contributed by atoms with E-state index in [-0.39, 0.29) is 30.4 Å². The second-order valence-corrected chi connectivity index (χ2v) is 9.24. The van der Waals surface area contributed by atoms with E-state index in [4.69, 9.17) is 9.47 Å². The molecule has 0 aromatic carbocycles. The van der Waals surface area contributed by atoms with Gasteiger partial charge in [0.15, 0.2) is 11.9 Å². The average Bonchev–Trinajstić information content (AvgIpc) is 3.31. The van der Waals surface area contributed by atoms with Gasteiger partial charge in [0.1, 0.15) is 6.61 Å². The van der Waals surface area contributed by atoms with E-state index in [1.807, 2.05) is 26.0 Å². The number of aryl methyl sites for hydroxylation is 1. The molecule has 3 atom stereocenters. The maximum atomic E-state index is 13.0. The molecule has 0 saturated heterocycles. The fourth-order valence-electron chi connectivity index (χ4n) is 4.15. The third kappa shape index (κ3) is 3.75. The van der Waals surface area contributed by atoms with Gasteiger partial charge in [-0.1, -0.05) is 6.92 Å². The van der Waals surface area contributed by atoms with Gasteiger partial charge in [-0.2, -0.15) is 0 Å². The molecule has 1 aromatic heterocycles. The zero-order valence-electron chi connectivity index (χ0n) is 16.5. The molecule has 6 nitrogen and oxygen atoms in total. The Kier molecular flexibility index (Phi) is 5.34. The molecule has 3 heterocycles. The third-order valence-corrected chi connectivity index (χ3v) is 7.00. The zero-order chi connectivity index (χ0) is 20.7. The number of ketones is 1. The summed E-state index contributed by atoms with van der Waals surface area (Å²) in [5, 5.41) is 10.8. The van der Waals surface area contributed by atoms with Crippen LogP contribution in [0.3, 0.4) is 0 Å². The van der Waals surface area contributed by atoms with E-state index in [2.05, 4.69) is 0 Å². The average molecular weight is 416 g/mol. The molecule has 0 amide bonds. The fourth-order valence-corrected chi connectivity index (χ4v) is 5.23. The minimum absolute atomic E-state index is 0.0879. The van der Waals surface area contributed by atoms with Crippen molar-refractivity contribution in [3.05, 3.63) is 44.9 Å². The van der Waals surface area contributed by atoms with E-state index in [1.165, 1.54) is 0 Å². The number of carbonyl (C=O) groups is 3. The lowest BCUT2D eigenvalue weighted by Gasteiger charge is -2.31. The van der Waals surface area contributed by atoms with Gasteiger partial charge in [0.25, 0.3) is 0 Å². The van der Waals surface area contributed by atoms with E-state index in [0.29, 0.717) is 12.0 Å². The number of aliphatic hydroxyl groups excluding tert-OH is 1. The lowest BCUT2D eigenvalue weighted by atomic mass is 9.83. The molecule has 1 saturated carbocycles. The SMILES string of the molecule is CCC(CC1=CCOC1=O)C1OC(=O)C(C(c2ccc(C)s2)C2CC2)=C(O)C1=O. The van der Waals surface area contributed by atoms with Crippen LogP contribution in [-0.4, -0.2) is 35.5 Å². The Morgan fingerprint density at radius 1 is 1.21 bits per heavy atom. The van der Waals surface area contributed by atoms with E-state index in [1.54, 1.807) is 17.4 Å². The molecule has 3 aliphatic rings. The van der Waals surface area contributed by atoms with Gasteiger partial charge >= 0.3 is 11.9 Å². The van der Waals surface area contributed by atoms with Crippen molar-refractivity contribution < 1.29 is 29.0 Å². The number of hydrogen-bond donors (Lipinski definition) is 1. The minimum atomic E-state index is -1.09. The van der Waals surface area contributed by atoms with Crippen LogP contribution >= 0.6 is 11.3 Å². The maximum absolute atomic E-state index is 13.0. The molecule has 3 unspecified atom stereocenters. The third-order valence-electron chi connectivity index (χ3n) is 5.91. The molecule has 4 rings (SSSR count). The summed E-state index contributed by atoms with van der Waals surface area (Å²) in [7, 11) is 0. The molecule has 0 radical (unpaired) electrons. The highest BCUT2D eigenvalue weighted by Crippen LogP contribution is 2.50. The van der Waals surface area contributed by atoms with Crippen LogP contribution in [0.25, 0.3) is 0 Å². The summed E-state index contributed by atoms with van der Waals surface area (Å²) in [6.07, 6.45) is 3.30. The fraction of sp³-hybridized carbons (Fsp3) is 0.500. The van der Waals surface area contributed by atoms with Crippen molar-refractivity contribution in [1.82, 2.24) is 0 Å². The molecular formula is C22H24O6S. The molecule has 1 fully saturated rings. The van der Waals surface area contributed by atoms with Gasteiger partial charge in [-0.15, -0.1) is 11.3 Å². The summed E-state index contributed by atoms with van der Waals surface area (Å²) in [6, 6.07) is 3.94. The van der Waals surface area contributed by atoms with Crippen molar-refractivity contribution in [3.63, 3.8) is 0 Å². The van der Waals surface area contributed by atoms with Crippen molar-refractivity contribution in [2.24, 2.45) is 11.8 Å². The number of cyclic esters (lactones) is 2. The minimum Gasteiger partial charge on any atom is -0.504 e. The molecule has 1 aliphatic carbocycles. The first-order valence-electron chi connectivity index (χ1n) is 10.0. The number of aliphatic hydroxyl groups is 1. The molecule has 154 valence electrons. The van der Waals surface area contributed by atoms with Crippen molar-refractivity contribution >= 4 is 29.1 Å². The predicted molar refractivity (Wildman–Crippen MR) is 107 cm³/mol. The van der Waals surface area contributed by atoms with Crippen LogP contribution in [0.4, 0.5) is 0 Å². The van der Waals surface area contributed by atoms with E-state index in [0.717, 1.165) is 22.6 Å². The monoisotopic (exact) mass is 416 g/mol. The lowest BCUT2D eigenvalue weighted by molar-refractivity contribution is -0.158. The Labute approximate surface area is 173 Å². The zero-order valence-corrected chi connectivity index (χ0v) is 17.3. The first-order chi connectivity index (χ1) is 13.9. The van der Waals surface area contributed by atoms with Gasteiger partial charge in [0, 0.05) is 27.2 Å². The van der Waals surface area contributed by atoms with E-state index < -0.39 is 35.5 Å². The highest BCUT2D eigenvalue weighted by atomic mass is 32.1. The number of Topliss-reactive ketones (excluding diaryl/α,β-unsaturated/α-hetero) is 1. The van der Waals surface area contributed by atoms with Gasteiger partial charge in [0.2, 0.25) is 5.78 Å². The number of thiophene rings is 1. The second kappa shape index (κ2) is 7.78. The predicted octanol–water partition coefficient (Wildman–Crippen LogP) is 3.76. The Hall–Kier alpha value is -2.41. The number of ether oxygens (including phenoxy) is 2. The first-order valence-corrected chi connectivity index (χ1v) is 10.8. The maximum Gasteiger partial charge on any atom is 0.339 e. The molecule has 2 aliphatic heterocycles. The van der Waals surface area contributed by atoms with Gasteiger partial charge in [-0.05, 0) is 56.7 Å². The van der Waals surface area contributed by atoms with Gasteiger partial charge < -0.3 is 14.6 Å². The van der Waals surface area contributed by atoms with Crippen LogP contribution < -0.4 is 0 Å². The summed E-state index contributed by atoms with van der Waals surface area (Å²) in [4.78, 5) is 39.8. The Balaban J connectivity index is 1.63. The van der Waals surface area contributed by atoms with Crippen molar-refractivity contribution in [2.45, 2.75) is 51.6 Å². The highest BCUT2D eigenvalue weighted by Gasteiger charge is 2.47. The molecule has 1 aromatic rings. The van der Waals surface area contributed by atoms with E-state index >= 15 is 0 Å². The smallest absolute Gasteiger partial charge is 0.339 e. The standard InChI is InChI=1S/C22H24O6S/c1-3-12(10-14-8-9-27-21(14)25)20-19(24)18(23)17(22(26)28-20)16(13-5-6-13)15-7-4-11(2)29-15/h4,7-8,12-13,16,20,23H,3,5-6,9-10H2,1-2H3. The molecule has 29 heavy (non-hydrogen) atoms.